The van der Waals surface area contributed by atoms with E-state index < -0.39 is 22.2 Å². The van der Waals surface area contributed by atoms with Gasteiger partial charge in [-0.3, -0.25) is 14.5 Å². The Kier molecular flexibility index (Phi) is 7.09. The molecule has 1 aromatic rings. The first-order valence-corrected chi connectivity index (χ1v) is 13.7. The molecule has 0 spiro atoms. The third-order valence-corrected chi connectivity index (χ3v) is 9.07. The Hall–Kier alpha value is -1.96. The molecule has 0 aliphatic carbocycles. The summed E-state index contributed by atoms with van der Waals surface area (Å²) < 4.78 is 25.4. The largest absolute Gasteiger partial charge is 0.398 e. The predicted molar refractivity (Wildman–Crippen MR) is 130 cm³/mol. The number of nitrogen functional groups attached to an aromatic ring is 1. The number of para-hydroxylation sites is 1. The van der Waals surface area contributed by atoms with Crippen molar-refractivity contribution >= 4 is 39.9 Å². The molecule has 0 bridgehead atoms. The lowest BCUT2D eigenvalue weighted by Crippen LogP contribution is -2.63. The van der Waals surface area contributed by atoms with Crippen molar-refractivity contribution in [3.05, 3.63) is 40.4 Å². The lowest BCUT2D eigenvalue weighted by molar-refractivity contribution is -0.160. The van der Waals surface area contributed by atoms with E-state index in [1.165, 1.54) is 4.90 Å². The molecule has 0 aromatic heterocycles. The van der Waals surface area contributed by atoms with E-state index in [4.69, 9.17) is 10.9 Å². The van der Waals surface area contributed by atoms with Crippen molar-refractivity contribution in [1.82, 2.24) is 14.5 Å². The molecule has 3 heterocycles. The molecule has 2 saturated heterocycles. The number of thioether (sulfide) groups is 1. The van der Waals surface area contributed by atoms with Gasteiger partial charge in [0.15, 0.2) is 6.29 Å². The molecule has 6 N–H and O–H groups in total. The minimum atomic E-state index is -3.84. The summed E-state index contributed by atoms with van der Waals surface area (Å²) in [5, 5.41) is 15.3. The van der Waals surface area contributed by atoms with Gasteiger partial charge in [0, 0.05) is 47.4 Å². The highest BCUT2D eigenvalue weighted by atomic mass is 32.2. The molecule has 0 saturated carbocycles. The number of nitrogens with one attached hydrogen (secondary N) is 1. The SMILES string of the molecule is C[C@@H](O)[C@H]1C(=O)N2C(C=O)=C(S[C@H]3C[C@@H](CNS(N)(=O)=O)N(Cc4ccccc4N)C3)[C@H](C)[C@H]12. The lowest BCUT2D eigenvalue weighted by atomic mass is 9.79. The zero-order valence-corrected chi connectivity index (χ0v) is 20.8. The number of nitrogens with two attached hydrogens (primary N) is 2. The van der Waals surface area contributed by atoms with Crippen LogP contribution < -0.4 is 15.6 Å². The van der Waals surface area contributed by atoms with Gasteiger partial charge in [-0.2, -0.15) is 8.42 Å². The second-order valence-electron chi connectivity index (χ2n) is 9.27. The van der Waals surface area contributed by atoms with E-state index in [0.29, 0.717) is 30.9 Å². The van der Waals surface area contributed by atoms with Crippen LogP contribution >= 0.6 is 11.8 Å². The molecular weight excluding hydrogens is 478 g/mol. The van der Waals surface area contributed by atoms with Gasteiger partial charge in [-0.1, -0.05) is 25.1 Å². The number of benzene rings is 1. The van der Waals surface area contributed by atoms with E-state index in [1.807, 2.05) is 31.2 Å². The minimum absolute atomic E-state index is 0.0673. The van der Waals surface area contributed by atoms with Crippen molar-refractivity contribution in [1.29, 1.82) is 0 Å². The maximum absolute atomic E-state index is 12.6. The van der Waals surface area contributed by atoms with Gasteiger partial charge in [0.2, 0.25) is 5.91 Å². The summed E-state index contributed by atoms with van der Waals surface area (Å²) in [5.41, 5.74) is 8.13. The maximum atomic E-state index is 12.6. The molecule has 1 amide bonds. The van der Waals surface area contributed by atoms with E-state index in [1.54, 1.807) is 18.7 Å². The predicted octanol–water partition coefficient (Wildman–Crippen LogP) is 0.00600. The number of carbonyl (C=O) groups excluding carboxylic acids is 2. The maximum Gasteiger partial charge on any atom is 0.274 e. The summed E-state index contributed by atoms with van der Waals surface area (Å²) in [6.07, 6.45) is 0.619. The second kappa shape index (κ2) is 9.59. The van der Waals surface area contributed by atoms with E-state index in [0.717, 1.165) is 16.8 Å². The highest BCUT2D eigenvalue weighted by Crippen LogP contribution is 2.51. The quantitative estimate of drug-likeness (QED) is 0.206. The average molecular weight is 510 g/mol. The number of amides is 1. The number of aliphatic hydroxyl groups is 1. The third-order valence-electron chi connectivity index (χ3n) is 6.99. The van der Waals surface area contributed by atoms with E-state index >= 15 is 0 Å². The molecule has 3 aliphatic heterocycles. The van der Waals surface area contributed by atoms with Crippen LogP contribution in [-0.4, -0.2) is 72.0 Å². The van der Waals surface area contributed by atoms with Gasteiger partial charge in [-0.15, -0.1) is 11.8 Å². The number of hydrogen-bond acceptors (Lipinski definition) is 8. The summed E-state index contributed by atoms with van der Waals surface area (Å²) in [6, 6.07) is 7.22. The number of likely N-dealkylation sites (tertiary alicyclic amines) is 1. The Morgan fingerprint density at radius 1 is 1.35 bits per heavy atom. The van der Waals surface area contributed by atoms with Gasteiger partial charge < -0.3 is 15.7 Å². The molecule has 0 radical (unpaired) electrons. The topological polar surface area (TPSA) is 159 Å². The number of carbonyl (C=O) groups is 2. The molecule has 186 valence electrons. The molecule has 12 heteroatoms. The molecule has 10 nitrogen and oxygen atoms in total. The number of nitrogens with zero attached hydrogens (tertiary/aromatic N) is 2. The summed E-state index contributed by atoms with van der Waals surface area (Å²) in [5.74, 6) is -0.786. The highest BCUT2D eigenvalue weighted by molar-refractivity contribution is 8.03. The van der Waals surface area contributed by atoms with Crippen LogP contribution in [0.25, 0.3) is 0 Å². The lowest BCUT2D eigenvalue weighted by Gasteiger charge is -2.46. The van der Waals surface area contributed by atoms with Crippen LogP contribution in [0.4, 0.5) is 5.69 Å². The van der Waals surface area contributed by atoms with Gasteiger partial charge in [0.05, 0.1) is 23.8 Å². The third kappa shape index (κ3) is 4.75. The Labute approximate surface area is 203 Å². The van der Waals surface area contributed by atoms with Crippen LogP contribution in [0, 0.1) is 11.8 Å². The fourth-order valence-electron chi connectivity index (χ4n) is 5.35. The van der Waals surface area contributed by atoms with E-state index in [9.17, 15) is 23.1 Å². The number of fused-ring (bicyclic) bond motifs is 1. The van der Waals surface area contributed by atoms with Gasteiger partial charge in [-0.25, -0.2) is 9.86 Å². The first-order chi connectivity index (χ1) is 16.0. The standard InChI is InChI=1S/C22H31N5O5S2/c1-12-20-19(13(2)29)22(30)27(20)18(11-28)21(12)33-16-7-15(8-25-34(24,31)32)26(10-16)9-14-5-3-4-6-17(14)23/h3-6,11-13,15-16,19-20,25,29H,7-10,23H2,1-2H3,(H2,24,31,32)/t12-,13-,15+,16+,19-,20-/m1/s1. The van der Waals surface area contributed by atoms with Crippen molar-refractivity contribution in [2.45, 2.75) is 50.3 Å². The first-order valence-electron chi connectivity index (χ1n) is 11.2. The Bertz CT molecular complexity index is 1110. The molecule has 3 aliphatic rings. The molecular formula is C22H31N5O5S2. The molecule has 6 atom stereocenters. The summed E-state index contributed by atoms with van der Waals surface area (Å²) >= 11 is 1.57. The van der Waals surface area contributed by atoms with Gasteiger partial charge in [0.25, 0.3) is 10.2 Å². The second-order valence-corrected chi connectivity index (χ2v) is 12.0. The number of hydrogen-bond donors (Lipinski definition) is 4. The summed E-state index contributed by atoms with van der Waals surface area (Å²) in [4.78, 5) is 29.0. The van der Waals surface area contributed by atoms with Crippen LogP contribution in [0.15, 0.2) is 34.9 Å². The summed E-state index contributed by atoms with van der Waals surface area (Å²) in [6.45, 7) is 4.94. The number of β-lactam (4-membered cyclic amide) rings is 1. The van der Waals surface area contributed by atoms with Gasteiger partial charge >= 0.3 is 0 Å². The van der Waals surface area contributed by atoms with Crippen molar-refractivity contribution in [2.24, 2.45) is 17.0 Å². The monoisotopic (exact) mass is 509 g/mol. The van der Waals surface area contributed by atoms with Crippen LogP contribution in [0.1, 0.15) is 25.8 Å². The van der Waals surface area contributed by atoms with Crippen molar-refractivity contribution in [2.75, 3.05) is 18.8 Å². The van der Waals surface area contributed by atoms with Crippen molar-refractivity contribution < 1.29 is 23.1 Å². The number of aldehydes is 1. The number of rotatable bonds is 9. The molecule has 0 unspecified atom stereocenters. The Morgan fingerprint density at radius 2 is 2.06 bits per heavy atom. The van der Waals surface area contributed by atoms with Crippen LogP contribution in [0.2, 0.25) is 0 Å². The Balaban J connectivity index is 1.53. The zero-order chi connectivity index (χ0) is 24.8. The zero-order valence-electron chi connectivity index (χ0n) is 19.1. The normalized spacial score (nSPS) is 30.4. The van der Waals surface area contributed by atoms with Crippen LogP contribution in [0.5, 0.6) is 0 Å². The summed E-state index contributed by atoms with van der Waals surface area (Å²) in [7, 11) is -3.84. The Morgan fingerprint density at radius 3 is 2.68 bits per heavy atom. The number of aliphatic hydroxyl groups excluding tert-OH is 1. The minimum Gasteiger partial charge on any atom is -0.398 e. The molecule has 1 aromatic carbocycles. The molecule has 4 rings (SSSR count). The van der Waals surface area contributed by atoms with Crippen molar-refractivity contribution in [3.8, 4) is 0 Å². The van der Waals surface area contributed by atoms with E-state index in [2.05, 4.69) is 9.62 Å². The average Bonchev–Trinajstić information content (AvgIpc) is 3.24. The van der Waals surface area contributed by atoms with Crippen LogP contribution in [0.3, 0.4) is 0 Å². The number of anilines is 1. The fraction of sp³-hybridized carbons (Fsp3) is 0.545. The van der Waals surface area contributed by atoms with E-state index in [-0.39, 0.29) is 35.7 Å². The fourth-order valence-corrected chi connectivity index (χ4v) is 7.33. The van der Waals surface area contributed by atoms with Crippen molar-refractivity contribution in [3.63, 3.8) is 0 Å². The van der Waals surface area contributed by atoms with Gasteiger partial charge in [0.1, 0.15) is 0 Å². The molecule has 2 fully saturated rings. The number of allylic oxidation sites excluding steroid dienone is 1. The molecule has 34 heavy (non-hydrogen) atoms. The van der Waals surface area contributed by atoms with Gasteiger partial charge in [-0.05, 0) is 25.0 Å². The van der Waals surface area contributed by atoms with Crippen LogP contribution in [-0.2, 0) is 26.3 Å². The first kappa shape index (κ1) is 25.1. The highest BCUT2D eigenvalue weighted by Gasteiger charge is 2.58. The smallest absolute Gasteiger partial charge is 0.274 e.